The third-order valence-corrected chi connectivity index (χ3v) is 7.39. The molecule has 41 heavy (non-hydrogen) atoms. The highest BCUT2D eigenvalue weighted by Crippen LogP contribution is 2.31. The van der Waals surface area contributed by atoms with Gasteiger partial charge >= 0.3 is 6.09 Å². The lowest BCUT2D eigenvalue weighted by atomic mass is 10.1. The van der Waals surface area contributed by atoms with Gasteiger partial charge in [0.2, 0.25) is 5.95 Å². The number of piperazine rings is 1. The molecule has 1 aromatic carbocycles. The van der Waals surface area contributed by atoms with Crippen molar-refractivity contribution in [2.45, 2.75) is 51.8 Å². The Morgan fingerprint density at radius 3 is 2.63 bits per heavy atom. The fourth-order valence-corrected chi connectivity index (χ4v) is 5.01. The standard InChI is InChI=1S/C30H37N9O2/c1-30(2,3)41-29(40)39-13-11-38(12-14-39)18-20-9-10-31-26(15-20)36-28-34-23-8-5-21(16-25(23)35-28)24-17-27(33-19-32-24)37(4)22-6-7-22/h5,8-10,15-17,19,22H,6-7,11-14,18H2,1-4H3,(H2,31,34,35,36). The zero-order chi connectivity index (χ0) is 28.6. The molecule has 0 bridgehead atoms. The molecule has 11 heteroatoms. The Hall–Kier alpha value is -4.25. The number of imidazole rings is 1. The topological polar surface area (TPSA) is 115 Å². The van der Waals surface area contributed by atoms with Gasteiger partial charge in [-0.25, -0.2) is 24.7 Å². The summed E-state index contributed by atoms with van der Waals surface area (Å²) in [5.74, 6) is 2.29. The van der Waals surface area contributed by atoms with Crippen LogP contribution in [0.3, 0.4) is 0 Å². The third-order valence-electron chi connectivity index (χ3n) is 7.39. The number of carbonyl (C=O) groups is 1. The van der Waals surface area contributed by atoms with Crippen LogP contribution < -0.4 is 10.2 Å². The van der Waals surface area contributed by atoms with Crippen LogP contribution in [-0.4, -0.2) is 85.7 Å². The number of amides is 1. The second kappa shape index (κ2) is 11.0. The van der Waals surface area contributed by atoms with Crippen LogP contribution >= 0.6 is 0 Å². The van der Waals surface area contributed by atoms with Crippen molar-refractivity contribution in [1.82, 2.24) is 34.7 Å². The highest BCUT2D eigenvalue weighted by atomic mass is 16.6. The molecule has 1 aliphatic carbocycles. The summed E-state index contributed by atoms with van der Waals surface area (Å²) < 4.78 is 5.51. The molecule has 6 rings (SSSR count). The molecule has 0 spiro atoms. The van der Waals surface area contributed by atoms with Crippen LogP contribution in [0.5, 0.6) is 0 Å². The molecule has 1 saturated heterocycles. The smallest absolute Gasteiger partial charge is 0.410 e. The second-order valence-corrected chi connectivity index (χ2v) is 11.8. The first-order valence-electron chi connectivity index (χ1n) is 14.2. The van der Waals surface area contributed by atoms with E-state index in [0.29, 0.717) is 25.1 Å². The zero-order valence-electron chi connectivity index (χ0n) is 24.1. The maximum absolute atomic E-state index is 12.4. The Morgan fingerprint density at radius 1 is 1.07 bits per heavy atom. The molecule has 1 saturated carbocycles. The molecule has 1 aliphatic heterocycles. The van der Waals surface area contributed by atoms with E-state index < -0.39 is 5.60 Å². The molecule has 0 radical (unpaired) electrons. The lowest BCUT2D eigenvalue weighted by Gasteiger charge is -2.35. The Bertz CT molecular complexity index is 1530. The van der Waals surface area contributed by atoms with E-state index >= 15 is 0 Å². The highest BCUT2D eigenvalue weighted by Gasteiger charge is 2.28. The van der Waals surface area contributed by atoms with Crippen molar-refractivity contribution >= 4 is 34.7 Å². The number of rotatable bonds is 7. The summed E-state index contributed by atoms with van der Waals surface area (Å²) in [6.07, 6.45) is 5.63. The third kappa shape index (κ3) is 6.57. The molecule has 214 valence electrons. The molecule has 4 aromatic rings. The van der Waals surface area contributed by atoms with Gasteiger partial charge in [-0.1, -0.05) is 6.07 Å². The monoisotopic (exact) mass is 555 g/mol. The summed E-state index contributed by atoms with van der Waals surface area (Å²) in [7, 11) is 2.09. The normalized spacial score (nSPS) is 16.1. The molecule has 3 aromatic heterocycles. The summed E-state index contributed by atoms with van der Waals surface area (Å²) in [5, 5.41) is 3.32. The number of H-pyrrole nitrogens is 1. The van der Waals surface area contributed by atoms with Gasteiger partial charge in [0.25, 0.3) is 0 Å². The van der Waals surface area contributed by atoms with Gasteiger partial charge in [-0.15, -0.1) is 0 Å². The Kier molecular flexibility index (Phi) is 7.21. The number of fused-ring (bicyclic) bond motifs is 1. The van der Waals surface area contributed by atoms with Crippen LogP contribution in [0.15, 0.2) is 48.9 Å². The van der Waals surface area contributed by atoms with E-state index in [1.807, 2.05) is 51.1 Å². The van der Waals surface area contributed by atoms with Crippen LogP contribution in [0.2, 0.25) is 0 Å². The molecule has 4 heterocycles. The number of pyridine rings is 1. The number of anilines is 3. The minimum atomic E-state index is -0.482. The molecular formula is C30H37N9O2. The molecule has 11 nitrogen and oxygen atoms in total. The van der Waals surface area contributed by atoms with Crippen molar-refractivity contribution in [2.75, 3.05) is 43.4 Å². The van der Waals surface area contributed by atoms with E-state index in [9.17, 15) is 4.79 Å². The molecule has 1 amide bonds. The van der Waals surface area contributed by atoms with Crippen LogP contribution in [0, 0.1) is 0 Å². The van der Waals surface area contributed by atoms with E-state index in [4.69, 9.17) is 9.72 Å². The van der Waals surface area contributed by atoms with Crippen LogP contribution in [-0.2, 0) is 11.3 Å². The predicted octanol–water partition coefficient (Wildman–Crippen LogP) is 4.81. The summed E-state index contributed by atoms with van der Waals surface area (Å²) in [4.78, 5) is 40.3. The highest BCUT2D eigenvalue weighted by molar-refractivity contribution is 5.83. The lowest BCUT2D eigenvalue weighted by Crippen LogP contribution is -2.49. The number of carbonyl (C=O) groups excluding carboxylic acids is 1. The first-order chi connectivity index (χ1) is 19.7. The predicted molar refractivity (Wildman–Crippen MR) is 159 cm³/mol. The average molecular weight is 556 g/mol. The zero-order valence-corrected chi connectivity index (χ0v) is 24.1. The van der Waals surface area contributed by atoms with E-state index in [0.717, 1.165) is 59.1 Å². The van der Waals surface area contributed by atoms with Crippen molar-refractivity contribution < 1.29 is 9.53 Å². The fourth-order valence-electron chi connectivity index (χ4n) is 5.01. The van der Waals surface area contributed by atoms with Crippen molar-refractivity contribution in [3.05, 3.63) is 54.5 Å². The maximum atomic E-state index is 12.4. The quantitative estimate of drug-likeness (QED) is 0.331. The summed E-state index contributed by atoms with van der Waals surface area (Å²) in [6.45, 7) is 9.34. The number of hydrogen-bond acceptors (Lipinski definition) is 9. The van der Waals surface area contributed by atoms with Crippen LogP contribution in [0.4, 0.5) is 22.4 Å². The minimum absolute atomic E-state index is 0.242. The van der Waals surface area contributed by atoms with Gasteiger partial charge in [0.05, 0.1) is 16.7 Å². The Labute approximate surface area is 240 Å². The summed E-state index contributed by atoms with van der Waals surface area (Å²) in [6, 6.07) is 12.8. The first kappa shape index (κ1) is 26.9. The molecule has 2 aliphatic rings. The number of ether oxygens (including phenoxy) is 1. The number of aromatic nitrogens is 5. The molecular weight excluding hydrogens is 518 g/mol. The van der Waals surface area contributed by atoms with E-state index in [2.05, 4.69) is 48.2 Å². The van der Waals surface area contributed by atoms with Crippen molar-refractivity contribution in [2.24, 2.45) is 0 Å². The number of nitrogens with one attached hydrogen (secondary N) is 2. The van der Waals surface area contributed by atoms with Gasteiger partial charge in [0, 0.05) is 63.6 Å². The SMILES string of the molecule is CN(c1cc(-c2ccc3nc(Nc4cc(CN5CCN(C(=O)OC(C)(C)C)CC5)ccn4)[nH]c3c2)ncn1)C1CC1. The molecule has 2 fully saturated rings. The fraction of sp³-hybridized carbons (Fsp3) is 0.433. The van der Waals surface area contributed by atoms with Crippen LogP contribution in [0.1, 0.15) is 39.2 Å². The van der Waals surface area contributed by atoms with Crippen molar-refractivity contribution in [1.29, 1.82) is 0 Å². The maximum Gasteiger partial charge on any atom is 0.410 e. The van der Waals surface area contributed by atoms with Gasteiger partial charge in [0.1, 0.15) is 23.6 Å². The van der Waals surface area contributed by atoms with Gasteiger partial charge in [-0.3, -0.25) is 4.90 Å². The number of aromatic amines is 1. The van der Waals surface area contributed by atoms with Gasteiger partial charge < -0.3 is 24.8 Å². The van der Waals surface area contributed by atoms with E-state index in [1.54, 1.807) is 17.4 Å². The van der Waals surface area contributed by atoms with Crippen LogP contribution in [0.25, 0.3) is 22.3 Å². The summed E-state index contributed by atoms with van der Waals surface area (Å²) >= 11 is 0. The second-order valence-electron chi connectivity index (χ2n) is 11.8. The van der Waals surface area contributed by atoms with E-state index in [-0.39, 0.29) is 6.09 Å². The number of benzene rings is 1. The number of hydrogen-bond donors (Lipinski definition) is 2. The first-order valence-corrected chi connectivity index (χ1v) is 14.2. The van der Waals surface area contributed by atoms with Gasteiger partial charge in [-0.2, -0.15) is 0 Å². The average Bonchev–Trinajstić information content (AvgIpc) is 3.72. The van der Waals surface area contributed by atoms with E-state index in [1.165, 1.54) is 12.8 Å². The Morgan fingerprint density at radius 2 is 1.88 bits per heavy atom. The Balaban J connectivity index is 1.09. The lowest BCUT2D eigenvalue weighted by molar-refractivity contribution is 0.0139. The van der Waals surface area contributed by atoms with Gasteiger partial charge in [-0.05, 0) is 63.4 Å². The van der Waals surface area contributed by atoms with Crippen molar-refractivity contribution in [3.8, 4) is 11.3 Å². The van der Waals surface area contributed by atoms with Crippen molar-refractivity contribution in [3.63, 3.8) is 0 Å². The largest absolute Gasteiger partial charge is 0.444 e. The summed E-state index contributed by atoms with van der Waals surface area (Å²) in [5.41, 5.74) is 4.33. The molecule has 0 atom stereocenters. The number of nitrogens with zero attached hydrogens (tertiary/aromatic N) is 7. The molecule has 0 unspecified atom stereocenters. The minimum Gasteiger partial charge on any atom is -0.444 e. The van der Waals surface area contributed by atoms with Gasteiger partial charge in [0.15, 0.2) is 0 Å². The molecule has 2 N–H and O–H groups in total.